The van der Waals surface area contributed by atoms with Gasteiger partial charge in [-0.2, -0.15) is 13.2 Å². The lowest BCUT2D eigenvalue weighted by Gasteiger charge is -2.21. The zero-order valence-corrected chi connectivity index (χ0v) is 11.4. The van der Waals surface area contributed by atoms with Gasteiger partial charge in [0.15, 0.2) is 0 Å². The molecule has 110 valence electrons. The van der Waals surface area contributed by atoms with Crippen molar-refractivity contribution in [3.63, 3.8) is 0 Å². The zero-order valence-electron chi connectivity index (χ0n) is 11.4. The lowest BCUT2D eigenvalue weighted by molar-refractivity contribution is -0.157. The SMILES string of the molecule is CCNC(c1ccc2oc3ccccc3c2c1)C(F)(F)F. The molecule has 21 heavy (non-hydrogen) atoms. The summed E-state index contributed by atoms with van der Waals surface area (Å²) in [6.45, 7) is 1.90. The number of fused-ring (bicyclic) bond motifs is 3. The van der Waals surface area contributed by atoms with E-state index in [1.807, 2.05) is 18.2 Å². The average molecular weight is 293 g/mol. The quantitative estimate of drug-likeness (QED) is 0.750. The van der Waals surface area contributed by atoms with Crippen molar-refractivity contribution in [2.75, 3.05) is 6.54 Å². The Labute approximate surface area is 119 Å². The Morgan fingerprint density at radius 2 is 1.76 bits per heavy atom. The molecular weight excluding hydrogens is 279 g/mol. The first kappa shape index (κ1) is 13.9. The minimum atomic E-state index is -4.33. The van der Waals surface area contributed by atoms with Gasteiger partial charge in [0, 0.05) is 10.8 Å². The largest absolute Gasteiger partial charge is 0.456 e. The average Bonchev–Trinajstić information content (AvgIpc) is 2.81. The summed E-state index contributed by atoms with van der Waals surface area (Å²) in [6.07, 6.45) is -4.33. The van der Waals surface area contributed by atoms with Crippen molar-refractivity contribution in [2.45, 2.75) is 19.1 Å². The van der Waals surface area contributed by atoms with Gasteiger partial charge in [-0.15, -0.1) is 0 Å². The van der Waals surface area contributed by atoms with Crippen molar-refractivity contribution in [1.82, 2.24) is 5.32 Å². The lowest BCUT2D eigenvalue weighted by atomic mass is 10.0. The van der Waals surface area contributed by atoms with Crippen LogP contribution in [0.15, 0.2) is 46.9 Å². The maximum atomic E-state index is 13.1. The molecule has 0 radical (unpaired) electrons. The number of furan rings is 1. The van der Waals surface area contributed by atoms with Gasteiger partial charge in [0.25, 0.3) is 0 Å². The summed E-state index contributed by atoms with van der Waals surface area (Å²) in [6, 6.07) is 10.3. The van der Waals surface area contributed by atoms with Crippen molar-refractivity contribution in [3.05, 3.63) is 48.0 Å². The fourth-order valence-corrected chi connectivity index (χ4v) is 2.55. The molecule has 0 aliphatic rings. The van der Waals surface area contributed by atoms with Crippen molar-refractivity contribution < 1.29 is 17.6 Å². The van der Waals surface area contributed by atoms with E-state index in [2.05, 4.69) is 5.32 Å². The zero-order chi connectivity index (χ0) is 15.0. The van der Waals surface area contributed by atoms with Gasteiger partial charge in [0.1, 0.15) is 17.2 Å². The first-order chi connectivity index (χ1) is 10.0. The number of hydrogen-bond donors (Lipinski definition) is 1. The van der Waals surface area contributed by atoms with E-state index in [-0.39, 0.29) is 12.1 Å². The van der Waals surface area contributed by atoms with E-state index in [1.54, 1.807) is 25.1 Å². The molecule has 2 nitrogen and oxygen atoms in total. The molecule has 0 fully saturated rings. The fourth-order valence-electron chi connectivity index (χ4n) is 2.55. The van der Waals surface area contributed by atoms with Gasteiger partial charge in [-0.3, -0.25) is 0 Å². The third-order valence-corrected chi connectivity index (χ3v) is 3.47. The molecule has 2 aromatic carbocycles. The Morgan fingerprint density at radius 3 is 2.48 bits per heavy atom. The van der Waals surface area contributed by atoms with E-state index in [9.17, 15) is 13.2 Å². The second-order valence-electron chi connectivity index (χ2n) is 4.89. The highest BCUT2D eigenvalue weighted by Crippen LogP contribution is 2.36. The fraction of sp³-hybridized carbons (Fsp3) is 0.250. The highest BCUT2D eigenvalue weighted by Gasteiger charge is 2.40. The number of nitrogens with one attached hydrogen (secondary N) is 1. The smallest absolute Gasteiger partial charge is 0.407 e. The van der Waals surface area contributed by atoms with E-state index in [1.165, 1.54) is 6.07 Å². The molecule has 3 rings (SSSR count). The van der Waals surface area contributed by atoms with Gasteiger partial charge in [-0.25, -0.2) is 0 Å². The topological polar surface area (TPSA) is 25.2 Å². The third kappa shape index (κ3) is 2.49. The standard InChI is InChI=1S/C16H14F3NO/c1-2-20-15(16(17,18)19)10-7-8-14-12(9-10)11-5-3-4-6-13(11)21-14/h3-9,15,20H,2H2,1H3. The number of hydrogen-bond acceptors (Lipinski definition) is 2. The van der Waals surface area contributed by atoms with Crippen LogP contribution in [0.25, 0.3) is 21.9 Å². The molecule has 1 heterocycles. The number of halogens is 3. The Hall–Kier alpha value is -2.01. The summed E-state index contributed by atoms with van der Waals surface area (Å²) >= 11 is 0. The van der Waals surface area contributed by atoms with Crippen molar-refractivity contribution in [3.8, 4) is 0 Å². The van der Waals surface area contributed by atoms with Gasteiger partial charge in [0.05, 0.1) is 0 Å². The molecule has 1 N–H and O–H groups in total. The van der Waals surface area contributed by atoms with Gasteiger partial charge in [-0.1, -0.05) is 31.2 Å². The summed E-state index contributed by atoms with van der Waals surface area (Å²) in [5, 5.41) is 4.02. The number of para-hydroxylation sites is 1. The summed E-state index contributed by atoms with van der Waals surface area (Å²) in [7, 11) is 0. The van der Waals surface area contributed by atoms with Crippen molar-refractivity contribution in [2.24, 2.45) is 0 Å². The molecule has 0 bridgehead atoms. The Bertz CT molecular complexity index is 776. The first-order valence-corrected chi connectivity index (χ1v) is 6.72. The maximum absolute atomic E-state index is 13.1. The Morgan fingerprint density at radius 1 is 1.05 bits per heavy atom. The van der Waals surface area contributed by atoms with Crippen LogP contribution in [0.3, 0.4) is 0 Å². The summed E-state index contributed by atoms with van der Waals surface area (Å²) in [5.41, 5.74) is 1.47. The molecular formula is C16H14F3NO. The van der Waals surface area contributed by atoms with Gasteiger partial charge in [0.2, 0.25) is 0 Å². The summed E-state index contributed by atoms with van der Waals surface area (Å²) in [4.78, 5) is 0. The van der Waals surface area contributed by atoms with E-state index in [0.717, 1.165) is 5.39 Å². The molecule has 0 amide bonds. The van der Waals surface area contributed by atoms with Crippen LogP contribution >= 0.6 is 0 Å². The highest BCUT2D eigenvalue weighted by atomic mass is 19.4. The molecule has 1 atom stereocenters. The lowest BCUT2D eigenvalue weighted by Crippen LogP contribution is -2.33. The number of rotatable bonds is 3. The van der Waals surface area contributed by atoms with Crippen LogP contribution < -0.4 is 5.32 Å². The van der Waals surface area contributed by atoms with E-state index >= 15 is 0 Å². The predicted octanol–water partition coefficient (Wildman–Crippen LogP) is 4.80. The Kier molecular flexibility index (Phi) is 3.37. The second kappa shape index (κ2) is 5.07. The van der Waals surface area contributed by atoms with E-state index in [0.29, 0.717) is 16.6 Å². The number of benzene rings is 2. The summed E-state index contributed by atoms with van der Waals surface area (Å²) < 4.78 is 45.1. The molecule has 0 aliphatic carbocycles. The molecule has 0 saturated heterocycles. The maximum Gasteiger partial charge on any atom is 0.407 e. The molecule has 0 saturated carbocycles. The van der Waals surface area contributed by atoms with Crippen molar-refractivity contribution >= 4 is 21.9 Å². The normalized spacial score (nSPS) is 13.9. The molecule has 3 aromatic rings. The van der Waals surface area contributed by atoms with Gasteiger partial charge in [-0.05, 0) is 30.3 Å². The molecule has 1 aromatic heterocycles. The van der Waals surface area contributed by atoms with E-state index < -0.39 is 12.2 Å². The minimum absolute atomic E-state index is 0.198. The first-order valence-electron chi connectivity index (χ1n) is 6.72. The van der Waals surface area contributed by atoms with Gasteiger partial charge >= 0.3 is 6.18 Å². The summed E-state index contributed by atoms with van der Waals surface area (Å²) in [5.74, 6) is 0. The van der Waals surface area contributed by atoms with Crippen LogP contribution in [0.4, 0.5) is 13.2 Å². The van der Waals surface area contributed by atoms with Crippen LogP contribution in [0.5, 0.6) is 0 Å². The second-order valence-corrected chi connectivity index (χ2v) is 4.89. The number of alkyl halides is 3. The molecule has 5 heteroatoms. The van der Waals surface area contributed by atoms with Crippen molar-refractivity contribution in [1.29, 1.82) is 0 Å². The Balaban J connectivity index is 2.17. The molecule has 0 spiro atoms. The van der Waals surface area contributed by atoms with Crippen LogP contribution in [-0.4, -0.2) is 12.7 Å². The predicted molar refractivity (Wildman–Crippen MR) is 76.2 cm³/mol. The molecule has 0 aliphatic heterocycles. The van der Waals surface area contributed by atoms with Crippen LogP contribution in [0.2, 0.25) is 0 Å². The van der Waals surface area contributed by atoms with Gasteiger partial charge < -0.3 is 9.73 Å². The van der Waals surface area contributed by atoms with E-state index in [4.69, 9.17) is 4.42 Å². The molecule has 1 unspecified atom stereocenters. The van der Waals surface area contributed by atoms with Crippen LogP contribution in [0, 0.1) is 0 Å². The monoisotopic (exact) mass is 293 g/mol. The third-order valence-electron chi connectivity index (χ3n) is 3.47. The minimum Gasteiger partial charge on any atom is -0.456 e. The van der Waals surface area contributed by atoms with Crippen LogP contribution in [-0.2, 0) is 0 Å². The highest BCUT2D eigenvalue weighted by molar-refractivity contribution is 6.05. The van der Waals surface area contributed by atoms with Crippen LogP contribution in [0.1, 0.15) is 18.5 Å².